The van der Waals surface area contributed by atoms with Gasteiger partial charge in [-0.05, 0) is 30.5 Å². The Labute approximate surface area is 116 Å². The van der Waals surface area contributed by atoms with Gasteiger partial charge in [-0.25, -0.2) is 13.2 Å². The van der Waals surface area contributed by atoms with Crippen LogP contribution in [-0.2, 0) is 11.3 Å². The van der Waals surface area contributed by atoms with Crippen LogP contribution in [0.25, 0.3) is 0 Å². The number of rotatable bonds is 6. The molecule has 20 heavy (non-hydrogen) atoms. The molecule has 2 N–H and O–H groups in total. The second kappa shape index (κ2) is 7.28. The Kier molecular flexibility index (Phi) is 6.01. The molecule has 0 aliphatic heterocycles. The zero-order valence-electron chi connectivity index (χ0n) is 11.8. The molecule has 0 aliphatic rings. The number of carbonyl (C=O) groups excluding carboxylic acids is 1. The lowest BCUT2D eigenvalue weighted by Gasteiger charge is -2.15. The van der Waals surface area contributed by atoms with Crippen molar-refractivity contribution in [2.75, 3.05) is 6.54 Å². The Morgan fingerprint density at radius 3 is 2.20 bits per heavy atom. The topological polar surface area (TPSA) is 41.1 Å². The first-order chi connectivity index (χ1) is 9.31. The van der Waals surface area contributed by atoms with E-state index < -0.39 is 23.5 Å². The van der Waals surface area contributed by atoms with Crippen LogP contribution in [0.2, 0.25) is 0 Å². The zero-order chi connectivity index (χ0) is 15.3. The van der Waals surface area contributed by atoms with Gasteiger partial charge < -0.3 is 10.6 Å². The molecular weight excluding hydrogens is 269 g/mol. The normalized spacial score (nSPS) is 12.6. The van der Waals surface area contributed by atoms with Gasteiger partial charge >= 0.3 is 0 Å². The summed E-state index contributed by atoms with van der Waals surface area (Å²) in [7, 11) is 0. The molecule has 1 aromatic carbocycles. The van der Waals surface area contributed by atoms with Gasteiger partial charge in [0.05, 0.1) is 6.04 Å². The second-order valence-electron chi connectivity index (χ2n) is 5.12. The highest BCUT2D eigenvalue weighted by molar-refractivity contribution is 5.81. The van der Waals surface area contributed by atoms with Gasteiger partial charge in [0.15, 0.2) is 17.5 Å². The van der Waals surface area contributed by atoms with Crippen LogP contribution < -0.4 is 10.6 Å². The molecule has 1 atom stereocenters. The number of hydrogen-bond donors (Lipinski definition) is 2. The van der Waals surface area contributed by atoms with Gasteiger partial charge in [0.2, 0.25) is 5.91 Å². The van der Waals surface area contributed by atoms with E-state index in [2.05, 4.69) is 10.6 Å². The number of halogens is 3. The summed E-state index contributed by atoms with van der Waals surface area (Å²) >= 11 is 0. The van der Waals surface area contributed by atoms with Crippen LogP contribution in [0.5, 0.6) is 0 Å². The molecule has 0 spiro atoms. The van der Waals surface area contributed by atoms with Gasteiger partial charge in [-0.1, -0.05) is 13.8 Å². The maximum Gasteiger partial charge on any atom is 0.236 e. The molecule has 1 aromatic rings. The fourth-order valence-corrected chi connectivity index (χ4v) is 1.53. The van der Waals surface area contributed by atoms with Crippen LogP contribution in [0.1, 0.15) is 26.3 Å². The number of benzene rings is 1. The largest absolute Gasteiger partial charge is 0.354 e. The summed E-state index contributed by atoms with van der Waals surface area (Å²) in [6.07, 6.45) is 0. The molecule has 112 valence electrons. The first kappa shape index (κ1) is 16.5. The predicted molar refractivity (Wildman–Crippen MR) is 70.5 cm³/mol. The molecule has 0 radical (unpaired) electrons. The first-order valence-corrected chi connectivity index (χ1v) is 6.45. The molecular formula is C14H19F3N2O. The third-order valence-electron chi connectivity index (χ3n) is 2.73. The molecule has 0 bridgehead atoms. The van der Waals surface area contributed by atoms with E-state index in [9.17, 15) is 18.0 Å². The Hall–Kier alpha value is -1.56. The summed E-state index contributed by atoms with van der Waals surface area (Å²) < 4.78 is 38.8. The first-order valence-electron chi connectivity index (χ1n) is 6.45. The Morgan fingerprint density at radius 1 is 1.15 bits per heavy atom. The van der Waals surface area contributed by atoms with Crippen LogP contribution in [-0.4, -0.2) is 18.5 Å². The Morgan fingerprint density at radius 2 is 1.70 bits per heavy atom. The second-order valence-corrected chi connectivity index (χ2v) is 5.12. The summed E-state index contributed by atoms with van der Waals surface area (Å²) in [6, 6.07) is 1.30. The van der Waals surface area contributed by atoms with Gasteiger partial charge in [0.25, 0.3) is 0 Å². The van der Waals surface area contributed by atoms with Crippen molar-refractivity contribution < 1.29 is 18.0 Å². The summed E-state index contributed by atoms with van der Waals surface area (Å²) in [6.45, 7) is 6.23. The van der Waals surface area contributed by atoms with E-state index in [-0.39, 0.29) is 18.0 Å². The van der Waals surface area contributed by atoms with E-state index in [0.717, 1.165) is 12.1 Å². The maximum absolute atomic E-state index is 13.0. The van der Waals surface area contributed by atoms with Crippen molar-refractivity contribution in [3.05, 3.63) is 35.1 Å². The highest BCUT2D eigenvalue weighted by Gasteiger charge is 2.14. The minimum atomic E-state index is -1.49. The van der Waals surface area contributed by atoms with Crippen LogP contribution >= 0.6 is 0 Å². The van der Waals surface area contributed by atoms with Crippen molar-refractivity contribution in [1.29, 1.82) is 0 Å². The number of carbonyl (C=O) groups is 1. The summed E-state index contributed by atoms with van der Waals surface area (Å²) in [5, 5.41) is 5.57. The van der Waals surface area contributed by atoms with Crippen molar-refractivity contribution in [3.63, 3.8) is 0 Å². The average Bonchev–Trinajstić information content (AvgIpc) is 2.39. The van der Waals surface area contributed by atoms with E-state index in [1.54, 1.807) is 6.92 Å². The van der Waals surface area contributed by atoms with Gasteiger partial charge in [-0.3, -0.25) is 4.79 Å². The number of nitrogens with one attached hydrogen (secondary N) is 2. The average molecular weight is 288 g/mol. The molecule has 1 amide bonds. The van der Waals surface area contributed by atoms with Gasteiger partial charge in [-0.2, -0.15) is 0 Å². The molecule has 0 saturated heterocycles. The SMILES string of the molecule is CC(C)CNC(=O)C(C)NCc1cc(F)c(F)c(F)c1. The molecule has 1 unspecified atom stereocenters. The molecule has 6 heteroatoms. The Bertz CT molecular complexity index is 454. The van der Waals surface area contributed by atoms with Gasteiger partial charge in [0, 0.05) is 13.1 Å². The fourth-order valence-electron chi connectivity index (χ4n) is 1.53. The van der Waals surface area contributed by atoms with Crippen molar-refractivity contribution >= 4 is 5.91 Å². The highest BCUT2D eigenvalue weighted by atomic mass is 19.2. The van der Waals surface area contributed by atoms with Crippen molar-refractivity contribution in [2.24, 2.45) is 5.92 Å². The lowest BCUT2D eigenvalue weighted by molar-refractivity contribution is -0.122. The van der Waals surface area contributed by atoms with Crippen molar-refractivity contribution in [1.82, 2.24) is 10.6 Å². The number of amides is 1. The summed E-state index contributed by atoms with van der Waals surface area (Å²) in [5.41, 5.74) is 0.241. The number of hydrogen-bond acceptors (Lipinski definition) is 2. The van der Waals surface area contributed by atoms with Gasteiger partial charge in [0.1, 0.15) is 0 Å². The summed E-state index contributed by atoms with van der Waals surface area (Å²) in [4.78, 5) is 11.7. The van der Waals surface area contributed by atoms with Crippen molar-refractivity contribution in [2.45, 2.75) is 33.4 Å². The lowest BCUT2D eigenvalue weighted by Crippen LogP contribution is -2.43. The van der Waals surface area contributed by atoms with Crippen LogP contribution in [0.3, 0.4) is 0 Å². The quantitative estimate of drug-likeness (QED) is 0.789. The fraction of sp³-hybridized carbons (Fsp3) is 0.500. The van der Waals surface area contributed by atoms with E-state index in [1.807, 2.05) is 13.8 Å². The Balaban J connectivity index is 2.52. The predicted octanol–water partition coefficient (Wildman–Crippen LogP) is 2.35. The molecule has 0 aliphatic carbocycles. The van der Waals surface area contributed by atoms with Crippen molar-refractivity contribution in [3.8, 4) is 0 Å². The summed E-state index contributed by atoms with van der Waals surface area (Å²) in [5.74, 6) is -3.82. The van der Waals surface area contributed by atoms with Crippen LogP contribution in [0, 0.1) is 23.4 Å². The van der Waals surface area contributed by atoms with E-state index >= 15 is 0 Å². The standard InChI is InChI=1S/C14H19F3N2O/c1-8(2)6-19-14(20)9(3)18-7-10-4-11(15)13(17)12(16)5-10/h4-5,8-9,18H,6-7H2,1-3H3,(H,19,20). The highest BCUT2D eigenvalue weighted by Crippen LogP contribution is 2.13. The van der Waals surface area contributed by atoms with Crippen LogP contribution in [0.4, 0.5) is 13.2 Å². The minimum absolute atomic E-state index is 0.0738. The molecule has 0 heterocycles. The molecule has 0 saturated carbocycles. The molecule has 1 rings (SSSR count). The lowest BCUT2D eigenvalue weighted by atomic mass is 10.2. The van der Waals surface area contributed by atoms with E-state index in [0.29, 0.717) is 12.5 Å². The zero-order valence-corrected chi connectivity index (χ0v) is 11.8. The molecule has 0 aromatic heterocycles. The van der Waals surface area contributed by atoms with Crippen LogP contribution in [0.15, 0.2) is 12.1 Å². The molecule has 0 fully saturated rings. The van der Waals surface area contributed by atoms with E-state index in [4.69, 9.17) is 0 Å². The van der Waals surface area contributed by atoms with Gasteiger partial charge in [-0.15, -0.1) is 0 Å². The maximum atomic E-state index is 13.0. The smallest absolute Gasteiger partial charge is 0.236 e. The third-order valence-corrected chi connectivity index (χ3v) is 2.73. The minimum Gasteiger partial charge on any atom is -0.354 e. The van der Waals surface area contributed by atoms with E-state index in [1.165, 1.54) is 0 Å². The molecule has 3 nitrogen and oxygen atoms in total. The third kappa shape index (κ3) is 4.85. The monoisotopic (exact) mass is 288 g/mol.